The fraction of sp³-hybridized carbons (Fsp3) is 0.417. The van der Waals surface area contributed by atoms with Gasteiger partial charge in [0.05, 0.1) is 10.0 Å². The van der Waals surface area contributed by atoms with Crippen LogP contribution in [0.2, 0.25) is 0 Å². The Bertz CT molecular complexity index is 421. The highest BCUT2D eigenvalue weighted by atomic mass is 79.9. The lowest BCUT2D eigenvalue weighted by atomic mass is 9.97. The largest absolute Gasteiger partial charge is 0.351 e. The van der Waals surface area contributed by atoms with Crippen molar-refractivity contribution in [2.24, 2.45) is 5.41 Å². The van der Waals surface area contributed by atoms with Gasteiger partial charge < -0.3 is 5.32 Å². The topological polar surface area (TPSA) is 29.1 Å². The van der Waals surface area contributed by atoms with Crippen LogP contribution < -0.4 is 5.32 Å². The van der Waals surface area contributed by atoms with Gasteiger partial charge in [0, 0.05) is 11.9 Å². The van der Waals surface area contributed by atoms with E-state index in [0.29, 0.717) is 11.0 Å². The molecule has 1 aromatic rings. The van der Waals surface area contributed by atoms with Gasteiger partial charge in [0.2, 0.25) is 0 Å². The molecule has 0 atom stereocenters. The van der Waals surface area contributed by atoms with Gasteiger partial charge in [-0.2, -0.15) is 0 Å². The zero-order valence-electron chi connectivity index (χ0n) is 9.69. The molecule has 1 rings (SSSR count). The van der Waals surface area contributed by atoms with Crippen molar-refractivity contribution in [3.05, 3.63) is 34.1 Å². The first-order valence-corrected chi connectivity index (χ1v) is 7.07. The van der Waals surface area contributed by atoms with Crippen LogP contribution in [0, 0.1) is 11.2 Å². The molecule has 0 bridgehead atoms. The van der Waals surface area contributed by atoms with Gasteiger partial charge in [0.25, 0.3) is 5.91 Å². The number of hydrogen-bond donors (Lipinski definition) is 1. The second-order valence-electron chi connectivity index (χ2n) is 4.58. The molecule has 0 saturated heterocycles. The predicted molar refractivity (Wildman–Crippen MR) is 74.0 cm³/mol. The Balaban J connectivity index is 2.74. The minimum Gasteiger partial charge on any atom is -0.351 e. The summed E-state index contributed by atoms with van der Waals surface area (Å²) in [7, 11) is 0. The van der Waals surface area contributed by atoms with Crippen LogP contribution in [0.25, 0.3) is 0 Å². The van der Waals surface area contributed by atoms with Crippen LogP contribution in [0.1, 0.15) is 24.2 Å². The number of halogens is 3. The van der Waals surface area contributed by atoms with Gasteiger partial charge >= 0.3 is 0 Å². The monoisotopic (exact) mass is 365 g/mol. The van der Waals surface area contributed by atoms with Crippen LogP contribution in [-0.4, -0.2) is 17.8 Å². The molecule has 17 heavy (non-hydrogen) atoms. The Morgan fingerprint density at radius 3 is 2.71 bits per heavy atom. The second kappa shape index (κ2) is 5.96. The van der Waals surface area contributed by atoms with E-state index in [1.165, 1.54) is 6.07 Å². The summed E-state index contributed by atoms with van der Waals surface area (Å²) in [5.74, 6) is -0.917. The molecule has 0 spiro atoms. The molecule has 0 saturated carbocycles. The summed E-state index contributed by atoms with van der Waals surface area (Å²) < 4.78 is 13.9. The number of carbonyl (C=O) groups is 1. The van der Waals surface area contributed by atoms with E-state index < -0.39 is 11.7 Å². The van der Waals surface area contributed by atoms with Crippen molar-refractivity contribution in [1.29, 1.82) is 0 Å². The summed E-state index contributed by atoms with van der Waals surface area (Å²) in [6, 6.07) is 4.67. The lowest BCUT2D eigenvalue weighted by Gasteiger charge is -2.21. The molecule has 0 aromatic heterocycles. The lowest BCUT2D eigenvalue weighted by Crippen LogP contribution is -2.35. The van der Waals surface area contributed by atoms with Crippen molar-refractivity contribution in [2.45, 2.75) is 13.8 Å². The summed E-state index contributed by atoms with van der Waals surface area (Å²) >= 11 is 6.43. The summed E-state index contributed by atoms with van der Waals surface area (Å²) in [4.78, 5) is 11.8. The fourth-order valence-electron chi connectivity index (χ4n) is 1.14. The Kier molecular flexibility index (Phi) is 5.13. The minimum atomic E-state index is -0.526. The third-order valence-electron chi connectivity index (χ3n) is 2.29. The Morgan fingerprint density at radius 1 is 1.47 bits per heavy atom. The number of hydrogen-bond acceptors (Lipinski definition) is 1. The van der Waals surface area contributed by atoms with Gasteiger partial charge in [-0.05, 0) is 33.5 Å². The molecule has 0 aliphatic carbocycles. The van der Waals surface area contributed by atoms with Gasteiger partial charge in [-0.1, -0.05) is 35.8 Å². The molecule has 1 N–H and O–H groups in total. The summed E-state index contributed by atoms with van der Waals surface area (Å²) in [6.45, 7) is 4.52. The van der Waals surface area contributed by atoms with E-state index in [9.17, 15) is 9.18 Å². The number of carbonyl (C=O) groups excluding carboxylic acids is 1. The van der Waals surface area contributed by atoms with Crippen molar-refractivity contribution in [1.82, 2.24) is 5.32 Å². The number of nitrogens with one attached hydrogen (secondary N) is 1. The molecule has 0 unspecified atom stereocenters. The molecule has 0 radical (unpaired) electrons. The normalized spacial score (nSPS) is 11.4. The zero-order valence-corrected chi connectivity index (χ0v) is 12.9. The van der Waals surface area contributed by atoms with Gasteiger partial charge in [0.15, 0.2) is 0 Å². The maximum atomic E-state index is 13.6. The third kappa shape index (κ3) is 4.07. The van der Waals surface area contributed by atoms with Crippen LogP contribution in [-0.2, 0) is 0 Å². The molecule has 0 aliphatic heterocycles. The summed E-state index contributed by atoms with van der Waals surface area (Å²) in [5.41, 5.74) is 0.00256. The van der Waals surface area contributed by atoms with Crippen LogP contribution in [0.3, 0.4) is 0 Å². The van der Waals surface area contributed by atoms with E-state index in [2.05, 4.69) is 37.2 Å². The van der Waals surface area contributed by atoms with E-state index in [1.807, 2.05) is 13.8 Å². The van der Waals surface area contributed by atoms with Crippen molar-refractivity contribution in [3.8, 4) is 0 Å². The first-order chi connectivity index (χ1) is 7.87. The zero-order chi connectivity index (χ0) is 13.1. The number of alkyl halides is 1. The fourth-order valence-corrected chi connectivity index (χ4v) is 1.71. The summed E-state index contributed by atoms with van der Waals surface area (Å²) in [5, 5.41) is 3.49. The van der Waals surface area contributed by atoms with Gasteiger partial charge in [0.1, 0.15) is 5.82 Å². The quantitative estimate of drug-likeness (QED) is 0.808. The molecule has 1 amide bonds. The van der Waals surface area contributed by atoms with Crippen molar-refractivity contribution in [3.63, 3.8) is 0 Å². The smallest absolute Gasteiger partial charge is 0.254 e. The van der Waals surface area contributed by atoms with E-state index in [1.54, 1.807) is 12.1 Å². The molecule has 0 aliphatic rings. The third-order valence-corrected chi connectivity index (χ3v) is 4.42. The SMILES string of the molecule is CC(C)(CBr)CNC(=O)c1cccc(Br)c1F. The van der Waals surface area contributed by atoms with E-state index in [0.717, 1.165) is 5.33 Å². The van der Waals surface area contributed by atoms with E-state index in [4.69, 9.17) is 0 Å². The van der Waals surface area contributed by atoms with Crippen LogP contribution in [0.15, 0.2) is 22.7 Å². The minimum absolute atomic E-state index is 0.0574. The standard InChI is InChI=1S/C12H14Br2FNO/c1-12(2,6-13)7-16-11(17)8-4-3-5-9(14)10(8)15/h3-5H,6-7H2,1-2H3,(H,16,17). The molecule has 0 heterocycles. The molecule has 0 fully saturated rings. The molecular formula is C12H14Br2FNO. The van der Waals surface area contributed by atoms with Crippen molar-refractivity contribution < 1.29 is 9.18 Å². The Hall–Kier alpha value is -0.420. The first-order valence-electron chi connectivity index (χ1n) is 5.15. The van der Waals surface area contributed by atoms with Crippen molar-refractivity contribution >= 4 is 37.8 Å². The summed E-state index contributed by atoms with van der Waals surface area (Å²) in [6.07, 6.45) is 0. The number of amides is 1. The van der Waals surface area contributed by atoms with Crippen molar-refractivity contribution in [2.75, 3.05) is 11.9 Å². The maximum Gasteiger partial charge on any atom is 0.254 e. The van der Waals surface area contributed by atoms with Crippen LogP contribution in [0.4, 0.5) is 4.39 Å². The van der Waals surface area contributed by atoms with Crippen LogP contribution in [0.5, 0.6) is 0 Å². The number of benzene rings is 1. The molecule has 5 heteroatoms. The highest BCUT2D eigenvalue weighted by molar-refractivity contribution is 9.10. The molecular weight excluding hydrogens is 353 g/mol. The Labute approximate surface area is 117 Å². The van der Waals surface area contributed by atoms with Gasteiger partial charge in [-0.3, -0.25) is 4.79 Å². The average Bonchev–Trinajstić information content (AvgIpc) is 2.30. The van der Waals surface area contributed by atoms with E-state index >= 15 is 0 Å². The maximum absolute atomic E-state index is 13.6. The Morgan fingerprint density at radius 2 is 2.12 bits per heavy atom. The molecule has 1 aromatic carbocycles. The lowest BCUT2D eigenvalue weighted by molar-refractivity contribution is 0.0936. The highest BCUT2D eigenvalue weighted by Gasteiger charge is 2.19. The van der Waals surface area contributed by atoms with Crippen LogP contribution >= 0.6 is 31.9 Å². The molecule has 94 valence electrons. The van der Waals surface area contributed by atoms with Gasteiger partial charge in [-0.15, -0.1) is 0 Å². The predicted octanol–water partition coefficient (Wildman–Crippen LogP) is 3.74. The van der Waals surface area contributed by atoms with E-state index in [-0.39, 0.29) is 11.0 Å². The van der Waals surface area contributed by atoms with Gasteiger partial charge in [-0.25, -0.2) is 4.39 Å². The average molecular weight is 367 g/mol. The first kappa shape index (κ1) is 14.6. The molecule has 2 nitrogen and oxygen atoms in total. The second-order valence-corrected chi connectivity index (χ2v) is 6.00. The highest BCUT2D eigenvalue weighted by Crippen LogP contribution is 2.20. The number of rotatable bonds is 4.